The number of aromatic nitrogens is 6. The van der Waals surface area contributed by atoms with E-state index in [0.29, 0.717) is 30.3 Å². The molecule has 0 bridgehead atoms. The van der Waals surface area contributed by atoms with Gasteiger partial charge in [-0.05, 0) is 132 Å². The van der Waals surface area contributed by atoms with Gasteiger partial charge in [-0.15, -0.1) is 12.4 Å². The number of aromatic amines is 2. The van der Waals surface area contributed by atoms with Crippen molar-refractivity contribution in [1.82, 2.24) is 40.4 Å². The molecule has 598 valence electrons. The topological polar surface area (TPSA) is 290 Å². The molecule has 3 aromatic heterocycles. The first kappa shape index (κ1) is 90.7. The van der Waals surface area contributed by atoms with Gasteiger partial charge >= 0.3 is 43.0 Å². The molecule has 0 radical (unpaired) electrons. The highest BCUT2D eigenvalue weighted by Crippen LogP contribution is 2.47. The van der Waals surface area contributed by atoms with E-state index in [9.17, 15) is 136 Å². The third-order valence-corrected chi connectivity index (χ3v) is 24.9. The lowest BCUT2D eigenvalue weighted by molar-refractivity contribution is -0.142. The first-order valence-electron chi connectivity index (χ1n) is 29.9. The third-order valence-electron chi connectivity index (χ3n) is 16.4. The van der Waals surface area contributed by atoms with Crippen LogP contribution in [0, 0.1) is 17.5 Å². The number of nitrogens with zero attached hydrogens (tertiary/aromatic N) is 5. The van der Waals surface area contributed by atoms with Gasteiger partial charge in [0.05, 0.1) is 37.9 Å². The van der Waals surface area contributed by atoms with Gasteiger partial charge in [0.15, 0.2) is 17.1 Å². The number of carbonyl (C=O) groups is 3. The van der Waals surface area contributed by atoms with Crippen molar-refractivity contribution in [2.24, 2.45) is 5.73 Å². The average Bonchev–Trinajstić information content (AvgIpc) is 1.21. The Kier molecular flexibility index (Phi) is 28.6. The van der Waals surface area contributed by atoms with Crippen LogP contribution < -0.4 is 11.1 Å². The molecule has 0 atom stereocenters. The van der Waals surface area contributed by atoms with Crippen LogP contribution in [0.3, 0.4) is 0 Å². The zero-order chi connectivity index (χ0) is 80.3. The number of carboxylic acid groups (broad SMARTS) is 1. The Hall–Kier alpha value is -6.92. The number of hydrogen-bond donors (Lipinski definition) is 5. The number of halogens is 27. The number of carbonyl (C=O) groups excluding carboxylic acids is 2. The summed E-state index contributed by atoms with van der Waals surface area (Å²) in [6.45, 7) is -0.101. The third kappa shape index (κ3) is 22.0. The smallest absolute Gasteiger partial charge is 0.435 e. The van der Waals surface area contributed by atoms with Crippen molar-refractivity contribution in [1.29, 1.82) is 0 Å². The second kappa shape index (κ2) is 33.7. The highest BCUT2D eigenvalue weighted by Gasteiger charge is 2.53. The number of amides is 2. The molecule has 19 nitrogen and oxygen atoms in total. The van der Waals surface area contributed by atoms with E-state index in [0.717, 1.165) is 15.3 Å². The molecule has 0 spiro atoms. The Balaban J connectivity index is 0.000000264. The van der Waals surface area contributed by atoms with E-state index in [1.807, 2.05) is 0 Å². The Bertz CT molecular complexity index is 4490. The quantitative estimate of drug-likeness (QED) is 0.0596. The molecule has 0 unspecified atom stereocenters. The number of alkyl halides is 23. The maximum absolute atomic E-state index is 15.6. The molecule has 3 fully saturated rings. The van der Waals surface area contributed by atoms with E-state index in [1.165, 1.54) is 4.90 Å². The van der Waals surface area contributed by atoms with Crippen LogP contribution in [0.25, 0.3) is 0 Å². The number of rotatable bonds is 11. The largest absolute Gasteiger partial charge is 0.476 e. The molecule has 1 aliphatic heterocycles. The number of nitrogens with two attached hydrogens (primary N) is 1. The van der Waals surface area contributed by atoms with Gasteiger partial charge in [0.1, 0.15) is 34.5 Å². The summed E-state index contributed by atoms with van der Waals surface area (Å²) in [6, 6.07) is 1.51. The van der Waals surface area contributed by atoms with Gasteiger partial charge in [0.25, 0.3) is 11.8 Å². The van der Waals surface area contributed by atoms with Crippen molar-refractivity contribution in [3.8, 4) is 0 Å². The molecule has 3 aliphatic carbocycles. The van der Waals surface area contributed by atoms with Crippen LogP contribution in [0.5, 0.6) is 0 Å². The minimum atomic E-state index is -5.06. The van der Waals surface area contributed by atoms with E-state index >= 15 is 8.78 Å². The first-order valence-corrected chi connectivity index (χ1v) is 36.6. The van der Waals surface area contributed by atoms with Gasteiger partial charge in [0, 0.05) is 53.5 Å². The van der Waals surface area contributed by atoms with Gasteiger partial charge in [-0.25, -0.2) is 56.4 Å². The number of carboxylic acids is 1. The Labute approximate surface area is 611 Å². The van der Waals surface area contributed by atoms with E-state index in [2.05, 4.69) is 52.5 Å². The van der Waals surface area contributed by atoms with Crippen LogP contribution >= 0.6 is 44.3 Å². The number of benzene rings is 3. The number of aromatic carboxylic acids is 1. The normalized spacial score (nSPS) is 21.8. The fourth-order valence-corrected chi connectivity index (χ4v) is 16.0. The summed E-state index contributed by atoms with van der Waals surface area (Å²) < 4.78 is 390. The summed E-state index contributed by atoms with van der Waals surface area (Å²) in [5.41, 5.74) is -4.30. The summed E-state index contributed by atoms with van der Waals surface area (Å²) in [4.78, 5) is 32.8. The van der Waals surface area contributed by atoms with Crippen LogP contribution in [-0.4, -0.2) is 134 Å². The minimum absolute atomic E-state index is 0. The highest BCUT2D eigenvalue weighted by molar-refractivity contribution is 9.11. The van der Waals surface area contributed by atoms with Crippen molar-refractivity contribution in [3.05, 3.63) is 141 Å². The predicted molar refractivity (Wildman–Crippen MR) is 333 cm³/mol. The molecule has 10 rings (SSSR count). The summed E-state index contributed by atoms with van der Waals surface area (Å²) in [7, 11) is -14.8. The van der Waals surface area contributed by atoms with E-state index in [-0.39, 0.29) is 118 Å². The van der Waals surface area contributed by atoms with Crippen molar-refractivity contribution >= 4 is 91.6 Å². The summed E-state index contributed by atoms with van der Waals surface area (Å²) in [5, 5.41) is 16.6. The SMILES string of the molecule is BrCCBr.Cl.NC1CCC(F)(S(=O)(=O)c2cc(F)cc(C(F)(F)F)c2)CC1.O=C(NC1CCC(F)(S(=O)(=O)c2cc(F)cc(C(F)(F)F)c2)CC1)c1cc(C(F)(F)F)[nH]n1.O=C(O)c1cc(C(F)(F)F)[nH]n1.O=C1c2cc(C(F)(F)F)nn2CCN1C1CCC(F)(S(=O)(=O)c2cc(F)cc(C(F)(F)F)c2)CC1. The Morgan fingerprint density at radius 3 is 1.18 bits per heavy atom. The second-order valence-corrected chi connectivity index (χ2v) is 31.9. The van der Waals surface area contributed by atoms with Crippen LogP contribution in [0.1, 0.15) is 142 Å². The molecular weight excluding hydrogens is 1730 g/mol. The van der Waals surface area contributed by atoms with Gasteiger partial charge < -0.3 is 21.1 Å². The maximum atomic E-state index is 15.6. The lowest BCUT2D eigenvalue weighted by atomic mass is 9.91. The number of fused-ring (bicyclic) bond motifs is 1. The zero-order valence-electron chi connectivity index (χ0n) is 53.4. The highest BCUT2D eigenvalue weighted by atomic mass is 79.9. The number of H-pyrrole nitrogens is 2. The molecule has 3 aromatic carbocycles. The lowest BCUT2D eigenvalue weighted by Gasteiger charge is -2.40. The number of hydrogen-bond acceptors (Lipinski definition) is 13. The standard InChI is InChI=1S/C20H17F8N3O3S.C18H15F8N3O3S.C13H14F5NO2S.C5H3F3N2O2.C2H4Br2.ClH/c21-12-7-11(19(23,24)25)8-14(9-12)35(33,34)18(22)3-1-13(2-4-18)30-5-6-31-15(17(30)32)10-16(29-31)20(26,27)28;19-10-5-9(17(21,22)23)6-12(7-10)33(31,32)16(20)3-1-11(2-4-16)27-15(30)13-8-14(29-28-13)18(24,25)26;14-9-5-8(13(16,17)18)6-11(7-9)22(20,21)12(15)3-1-10(19)2-4-12;6-5(7,8)3-1-2(4(11)12)9-10-3;3-1-2-4;/h7-10,13H,1-6H2;5-8,11H,1-4H2,(H,27,30)(H,28,29);5-7,10H,1-4,19H2;1H,(H,9,10)(H,11,12);1-2H2;1H. The molecule has 6 N–H and O–H groups in total. The second-order valence-electron chi connectivity index (χ2n) is 23.6. The summed E-state index contributed by atoms with van der Waals surface area (Å²) >= 11 is 6.40. The molecule has 2 amide bonds. The van der Waals surface area contributed by atoms with E-state index < -0.39 is 227 Å². The molecular formula is C58H54Br2ClF24N9O10S3. The van der Waals surface area contributed by atoms with Crippen molar-refractivity contribution in [3.63, 3.8) is 0 Å². The van der Waals surface area contributed by atoms with Crippen molar-refractivity contribution in [2.75, 3.05) is 17.2 Å². The van der Waals surface area contributed by atoms with E-state index in [4.69, 9.17) is 10.8 Å². The van der Waals surface area contributed by atoms with Gasteiger partial charge in [-0.1, -0.05) is 31.9 Å². The van der Waals surface area contributed by atoms with Crippen molar-refractivity contribution < 1.29 is 150 Å². The molecule has 107 heavy (non-hydrogen) atoms. The minimum Gasteiger partial charge on any atom is -0.476 e. The Morgan fingerprint density at radius 2 is 0.860 bits per heavy atom. The van der Waals surface area contributed by atoms with E-state index in [1.54, 1.807) is 10.2 Å². The van der Waals surface area contributed by atoms with Gasteiger partial charge in [-0.3, -0.25) is 24.5 Å². The zero-order valence-corrected chi connectivity index (χ0v) is 59.8. The first-order chi connectivity index (χ1) is 48.3. The number of nitrogens with one attached hydrogen (secondary N) is 3. The van der Waals surface area contributed by atoms with Crippen LogP contribution in [-0.2, 0) is 73.1 Å². The molecule has 4 heterocycles. The van der Waals surface area contributed by atoms with Crippen LogP contribution in [0.2, 0.25) is 0 Å². The van der Waals surface area contributed by atoms with Crippen LogP contribution in [0.4, 0.5) is 105 Å². The Morgan fingerprint density at radius 1 is 0.514 bits per heavy atom. The average molecular weight is 1780 g/mol. The monoisotopic (exact) mass is 1780 g/mol. The summed E-state index contributed by atoms with van der Waals surface area (Å²) in [5.74, 6) is -7.68. The molecule has 0 saturated heterocycles. The maximum Gasteiger partial charge on any atom is 0.435 e. The molecule has 49 heteroatoms. The van der Waals surface area contributed by atoms with Gasteiger partial charge in [-0.2, -0.15) is 94.3 Å². The fraction of sp³-hybridized carbons (Fsp3) is 0.483. The lowest BCUT2D eigenvalue weighted by Crippen LogP contribution is -2.50. The van der Waals surface area contributed by atoms with Crippen LogP contribution in [0.15, 0.2) is 87.5 Å². The van der Waals surface area contributed by atoms with Gasteiger partial charge in [0.2, 0.25) is 44.5 Å². The predicted octanol–water partition coefficient (Wildman–Crippen LogP) is 15.5. The molecule has 4 aliphatic rings. The molecule has 6 aromatic rings. The number of sulfone groups is 3. The van der Waals surface area contributed by atoms with Crippen molar-refractivity contribution in [2.45, 2.75) is 168 Å². The fourth-order valence-electron chi connectivity index (χ4n) is 10.8. The molecule has 3 saturated carbocycles. The summed E-state index contributed by atoms with van der Waals surface area (Å²) in [6.07, 6.45) is -33.7.